The van der Waals surface area contributed by atoms with E-state index in [2.05, 4.69) is 11.4 Å². The smallest absolute Gasteiger partial charge is 0.114 e. The molecule has 4 heteroatoms. The third kappa shape index (κ3) is 4.32. The van der Waals surface area contributed by atoms with Gasteiger partial charge < -0.3 is 5.32 Å². The van der Waals surface area contributed by atoms with Crippen LogP contribution in [-0.4, -0.2) is 16.0 Å². The maximum atomic E-state index is 12.4. The number of hydrogen-bond acceptors (Lipinski definition) is 2. The monoisotopic (exact) mass is 321 g/mol. The normalized spacial score (nSPS) is 13.7. The van der Waals surface area contributed by atoms with Gasteiger partial charge >= 0.3 is 0 Å². The summed E-state index contributed by atoms with van der Waals surface area (Å²) in [4.78, 5) is 0.794. The van der Waals surface area contributed by atoms with E-state index in [9.17, 15) is 4.21 Å². The van der Waals surface area contributed by atoms with E-state index in [1.54, 1.807) is 0 Å². The molecule has 0 aliphatic heterocycles. The molecule has 0 saturated heterocycles. The van der Waals surface area contributed by atoms with Crippen LogP contribution < -0.4 is 5.32 Å². The van der Waals surface area contributed by atoms with Crippen LogP contribution in [0.15, 0.2) is 53.4 Å². The number of hydrogen-bond donors (Lipinski definition) is 1. The largest absolute Gasteiger partial charge is 0.388 e. The minimum atomic E-state index is -1.17. The molecule has 0 radical (unpaired) electrons. The summed E-state index contributed by atoms with van der Waals surface area (Å²) in [5.74, 6) is 0. The number of nitrogens with one attached hydrogen (secondary N) is 1. The molecular weight excluding hydrogens is 302 g/mol. The third-order valence-electron chi connectivity index (χ3n) is 3.41. The van der Waals surface area contributed by atoms with E-state index in [-0.39, 0.29) is 4.71 Å². The second kappa shape index (κ2) is 7.62. The molecule has 1 N–H and O–H groups in total. The highest BCUT2D eigenvalue weighted by Crippen LogP contribution is 2.22. The quantitative estimate of drug-likeness (QED) is 0.802. The van der Waals surface area contributed by atoms with Gasteiger partial charge in [-0.05, 0) is 43.5 Å². The minimum Gasteiger partial charge on any atom is -0.388 e. The zero-order valence-corrected chi connectivity index (χ0v) is 13.9. The summed E-state index contributed by atoms with van der Waals surface area (Å²) in [5, 5.41) is 3.17. The van der Waals surface area contributed by atoms with Crippen molar-refractivity contribution in [1.29, 1.82) is 0 Å². The molecule has 2 nitrogen and oxygen atoms in total. The fourth-order valence-electron chi connectivity index (χ4n) is 2.18. The highest BCUT2D eigenvalue weighted by atomic mass is 35.5. The molecule has 0 spiro atoms. The van der Waals surface area contributed by atoms with Crippen LogP contribution in [0.5, 0.6) is 0 Å². The maximum Gasteiger partial charge on any atom is 0.114 e. The Hall–Kier alpha value is -1.32. The number of benzene rings is 2. The summed E-state index contributed by atoms with van der Waals surface area (Å²) in [6.45, 7) is 2.01. The van der Waals surface area contributed by atoms with Gasteiger partial charge in [0.15, 0.2) is 0 Å². The van der Waals surface area contributed by atoms with Crippen LogP contribution in [0.4, 0.5) is 5.69 Å². The van der Waals surface area contributed by atoms with E-state index in [1.807, 2.05) is 56.4 Å². The Morgan fingerprint density at radius 2 is 1.81 bits per heavy atom. The molecule has 0 bridgehead atoms. The molecular formula is C17H20ClNOS. The number of halogens is 1. The summed E-state index contributed by atoms with van der Waals surface area (Å²) in [7, 11) is 0.731. The Kier molecular flexibility index (Phi) is 5.83. The van der Waals surface area contributed by atoms with Gasteiger partial charge in [0.2, 0.25) is 0 Å². The number of alkyl halides is 1. The number of anilines is 1. The van der Waals surface area contributed by atoms with Crippen molar-refractivity contribution >= 4 is 28.1 Å². The molecule has 2 rings (SSSR count). The molecule has 2 aromatic carbocycles. The van der Waals surface area contributed by atoms with Crippen molar-refractivity contribution in [1.82, 2.24) is 0 Å². The minimum absolute atomic E-state index is 0.377. The van der Waals surface area contributed by atoms with Gasteiger partial charge in [-0.1, -0.05) is 35.9 Å². The highest BCUT2D eigenvalue weighted by molar-refractivity contribution is 7.87. The summed E-state index contributed by atoms with van der Waals surface area (Å²) in [5.41, 5.74) is 3.46. The molecule has 2 unspecified atom stereocenters. The Morgan fingerprint density at radius 1 is 1.14 bits per heavy atom. The van der Waals surface area contributed by atoms with Crippen molar-refractivity contribution in [3.05, 3.63) is 59.7 Å². The average molecular weight is 322 g/mol. The fraction of sp³-hybridized carbons (Fsp3) is 0.294. The van der Waals surface area contributed by atoms with Crippen LogP contribution in [0.1, 0.15) is 17.5 Å². The predicted octanol–water partition coefficient (Wildman–Crippen LogP) is 4.34. The SMILES string of the molecule is CNc1ccccc1CCC(Cl)S(=O)c1ccc(C)cc1. The van der Waals surface area contributed by atoms with E-state index in [0.717, 1.165) is 22.6 Å². The molecule has 2 atom stereocenters. The van der Waals surface area contributed by atoms with Crippen molar-refractivity contribution in [3.63, 3.8) is 0 Å². The summed E-state index contributed by atoms with van der Waals surface area (Å²) in [6, 6.07) is 15.8. The Labute approximate surface area is 134 Å². The molecule has 0 heterocycles. The van der Waals surface area contributed by atoms with Gasteiger partial charge in [0.05, 0.1) is 10.8 Å². The van der Waals surface area contributed by atoms with Crippen molar-refractivity contribution in [2.45, 2.75) is 29.4 Å². The lowest BCUT2D eigenvalue weighted by atomic mass is 10.1. The molecule has 0 saturated carbocycles. The van der Waals surface area contributed by atoms with Gasteiger partial charge in [0.1, 0.15) is 4.71 Å². The Bertz CT molecular complexity index is 612. The van der Waals surface area contributed by atoms with Crippen molar-refractivity contribution in [3.8, 4) is 0 Å². The Morgan fingerprint density at radius 3 is 2.48 bits per heavy atom. The van der Waals surface area contributed by atoms with Crippen LogP contribution in [0.25, 0.3) is 0 Å². The summed E-state index contributed by atoms with van der Waals surface area (Å²) >= 11 is 6.33. The van der Waals surface area contributed by atoms with Crippen molar-refractivity contribution in [2.24, 2.45) is 0 Å². The van der Waals surface area contributed by atoms with Gasteiger partial charge in [0, 0.05) is 17.6 Å². The van der Waals surface area contributed by atoms with Gasteiger partial charge in [-0.3, -0.25) is 4.21 Å². The predicted molar refractivity (Wildman–Crippen MR) is 91.5 cm³/mol. The van der Waals surface area contributed by atoms with Gasteiger partial charge in [-0.25, -0.2) is 0 Å². The van der Waals surface area contributed by atoms with Crippen LogP contribution in [0.2, 0.25) is 0 Å². The van der Waals surface area contributed by atoms with Crippen LogP contribution >= 0.6 is 11.6 Å². The van der Waals surface area contributed by atoms with Crippen LogP contribution in [0.3, 0.4) is 0 Å². The fourth-order valence-corrected chi connectivity index (χ4v) is 3.63. The summed E-state index contributed by atoms with van der Waals surface area (Å²) < 4.78 is 12.0. The van der Waals surface area contributed by atoms with Crippen molar-refractivity contribution < 1.29 is 4.21 Å². The average Bonchev–Trinajstić information content (AvgIpc) is 2.52. The molecule has 2 aromatic rings. The first kappa shape index (κ1) is 16.1. The zero-order chi connectivity index (χ0) is 15.2. The molecule has 21 heavy (non-hydrogen) atoms. The summed E-state index contributed by atoms with van der Waals surface area (Å²) in [6.07, 6.45) is 1.49. The second-order valence-electron chi connectivity index (χ2n) is 4.97. The molecule has 0 aliphatic rings. The first-order valence-electron chi connectivity index (χ1n) is 6.99. The molecule has 0 aliphatic carbocycles. The van der Waals surface area contributed by atoms with E-state index in [0.29, 0.717) is 6.42 Å². The molecule has 112 valence electrons. The molecule has 0 aromatic heterocycles. The van der Waals surface area contributed by atoms with Gasteiger partial charge in [0.25, 0.3) is 0 Å². The van der Waals surface area contributed by atoms with E-state index >= 15 is 0 Å². The van der Waals surface area contributed by atoms with Gasteiger partial charge in [-0.15, -0.1) is 11.6 Å². The van der Waals surface area contributed by atoms with E-state index in [4.69, 9.17) is 11.6 Å². The number of aryl methyl sites for hydroxylation is 2. The molecule has 0 amide bonds. The third-order valence-corrected chi connectivity index (χ3v) is 5.55. The number of para-hydroxylation sites is 1. The Balaban J connectivity index is 1.99. The van der Waals surface area contributed by atoms with Crippen LogP contribution in [-0.2, 0) is 17.2 Å². The lowest BCUT2D eigenvalue weighted by Crippen LogP contribution is -2.10. The maximum absolute atomic E-state index is 12.4. The van der Waals surface area contributed by atoms with E-state index in [1.165, 1.54) is 5.56 Å². The highest BCUT2D eigenvalue weighted by Gasteiger charge is 2.16. The topological polar surface area (TPSA) is 29.1 Å². The van der Waals surface area contributed by atoms with Crippen LogP contribution in [0, 0.1) is 6.92 Å². The first-order valence-corrected chi connectivity index (χ1v) is 8.63. The first-order chi connectivity index (χ1) is 10.1. The number of rotatable bonds is 6. The second-order valence-corrected chi connectivity index (χ2v) is 7.39. The lowest BCUT2D eigenvalue weighted by molar-refractivity contribution is 0.676. The standard InChI is InChI=1S/C17H20ClNOS/c1-13-7-10-15(11-8-13)21(20)17(18)12-9-14-5-3-4-6-16(14)19-2/h3-8,10-11,17,19H,9,12H2,1-2H3. The van der Waals surface area contributed by atoms with Crippen molar-refractivity contribution in [2.75, 3.05) is 12.4 Å². The van der Waals surface area contributed by atoms with Gasteiger partial charge in [-0.2, -0.15) is 0 Å². The lowest BCUT2D eigenvalue weighted by Gasteiger charge is -2.12. The van der Waals surface area contributed by atoms with E-state index < -0.39 is 10.8 Å². The molecule has 0 fully saturated rings. The zero-order valence-electron chi connectivity index (χ0n) is 12.3.